The number of carbonyl (C=O) groups is 1. The zero-order chi connectivity index (χ0) is 19.2. The first-order valence-corrected chi connectivity index (χ1v) is 7.89. The molecule has 1 aromatic heterocycles. The highest BCUT2D eigenvalue weighted by Crippen LogP contribution is 2.27. The van der Waals surface area contributed by atoms with Crippen molar-refractivity contribution < 1.29 is 19.2 Å². The quantitative estimate of drug-likeness (QED) is 0.522. The zero-order valence-electron chi connectivity index (χ0n) is 14.3. The Labute approximate surface area is 154 Å². The van der Waals surface area contributed by atoms with E-state index < -0.39 is 10.8 Å². The van der Waals surface area contributed by atoms with E-state index in [1.54, 1.807) is 49.6 Å². The maximum Gasteiger partial charge on any atom is 0.273 e. The molecule has 0 aliphatic heterocycles. The van der Waals surface area contributed by atoms with Crippen molar-refractivity contribution in [3.8, 4) is 17.4 Å². The summed E-state index contributed by atoms with van der Waals surface area (Å²) in [5.74, 6) is 0.503. The third kappa shape index (κ3) is 4.37. The van der Waals surface area contributed by atoms with Gasteiger partial charge in [-0.1, -0.05) is 6.07 Å². The Morgan fingerprint density at radius 1 is 1.07 bits per heavy atom. The highest BCUT2D eigenvalue weighted by atomic mass is 16.6. The second-order valence-electron chi connectivity index (χ2n) is 5.40. The lowest BCUT2D eigenvalue weighted by Crippen LogP contribution is -2.13. The van der Waals surface area contributed by atoms with Crippen LogP contribution in [0.2, 0.25) is 0 Å². The number of pyridine rings is 1. The molecular weight excluding hydrogens is 350 g/mol. The van der Waals surface area contributed by atoms with Gasteiger partial charge < -0.3 is 14.8 Å². The SMILES string of the molecule is COc1ccc(NC(=O)c2cccnc2Oc2cccc([N+](=O)[O-])c2)cc1. The van der Waals surface area contributed by atoms with E-state index in [0.29, 0.717) is 11.4 Å². The molecular formula is C19H15N3O5. The summed E-state index contributed by atoms with van der Waals surface area (Å²) in [6.45, 7) is 0. The van der Waals surface area contributed by atoms with Crippen LogP contribution in [0.3, 0.4) is 0 Å². The van der Waals surface area contributed by atoms with Crippen molar-refractivity contribution in [2.75, 3.05) is 12.4 Å². The number of nitrogens with one attached hydrogen (secondary N) is 1. The summed E-state index contributed by atoms with van der Waals surface area (Å²) < 4.78 is 10.7. The molecule has 0 fully saturated rings. The topological polar surface area (TPSA) is 104 Å². The van der Waals surface area contributed by atoms with Gasteiger partial charge in [-0.3, -0.25) is 14.9 Å². The number of nitro groups is 1. The van der Waals surface area contributed by atoms with Gasteiger partial charge in [0.2, 0.25) is 5.88 Å². The summed E-state index contributed by atoms with van der Waals surface area (Å²) in [5.41, 5.74) is 0.651. The van der Waals surface area contributed by atoms with E-state index >= 15 is 0 Å². The van der Waals surface area contributed by atoms with Crippen molar-refractivity contribution in [1.29, 1.82) is 0 Å². The number of non-ortho nitro benzene ring substituents is 1. The number of hydrogen-bond acceptors (Lipinski definition) is 6. The fraction of sp³-hybridized carbons (Fsp3) is 0.0526. The van der Waals surface area contributed by atoms with Crippen LogP contribution in [0.4, 0.5) is 11.4 Å². The first kappa shape index (κ1) is 17.9. The lowest BCUT2D eigenvalue weighted by atomic mass is 10.2. The number of ether oxygens (including phenoxy) is 2. The Bertz CT molecular complexity index is 973. The number of methoxy groups -OCH3 is 1. The molecule has 1 N–H and O–H groups in total. The van der Waals surface area contributed by atoms with Crippen molar-refractivity contribution >= 4 is 17.3 Å². The molecule has 136 valence electrons. The van der Waals surface area contributed by atoms with Crippen LogP contribution in [0.1, 0.15) is 10.4 Å². The second kappa shape index (κ2) is 7.96. The molecule has 3 rings (SSSR count). The van der Waals surface area contributed by atoms with E-state index in [2.05, 4.69) is 10.3 Å². The largest absolute Gasteiger partial charge is 0.497 e. The molecule has 2 aromatic carbocycles. The minimum atomic E-state index is -0.525. The maximum absolute atomic E-state index is 12.6. The molecule has 1 heterocycles. The van der Waals surface area contributed by atoms with Gasteiger partial charge in [0.15, 0.2) is 0 Å². The van der Waals surface area contributed by atoms with Crippen LogP contribution in [0.25, 0.3) is 0 Å². The number of nitrogens with zero attached hydrogens (tertiary/aromatic N) is 2. The molecule has 0 saturated heterocycles. The van der Waals surface area contributed by atoms with Gasteiger partial charge in [-0.15, -0.1) is 0 Å². The van der Waals surface area contributed by atoms with Crippen LogP contribution < -0.4 is 14.8 Å². The zero-order valence-corrected chi connectivity index (χ0v) is 14.3. The molecule has 0 radical (unpaired) electrons. The van der Waals surface area contributed by atoms with E-state index in [9.17, 15) is 14.9 Å². The van der Waals surface area contributed by atoms with Gasteiger partial charge in [-0.25, -0.2) is 4.98 Å². The number of anilines is 1. The van der Waals surface area contributed by atoms with Crippen molar-refractivity contribution in [2.45, 2.75) is 0 Å². The fourth-order valence-electron chi connectivity index (χ4n) is 2.29. The standard InChI is InChI=1S/C19H15N3O5/c1-26-15-9-7-13(8-10-15)21-18(23)17-6-3-11-20-19(17)27-16-5-2-4-14(12-16)22(24)25/h2-12H,1H3,(H,21,23). The minimum absolute atomic E-state index is 0.0454. The molecule has 3 aromatic rings. The highest BCUT2D eigenvalue weighted by Gasteiger charge is 2.16. The van der Waals surface area contributed by atoms with Gasteiger partial charge in [0.05, 0.1) is 18.1 Å². The molecule has 1 amide bonds. The van der Waals surface area contributed by atoms with Gasteiger partial charge >= 0.3 is 0 Å². The first-order chi connectivity index (χ1) is 13.1. The van der Waals surface area contributed by atoms with Crippen LogP contribution in [-0.4, -0.2) is 22.9 Å². The van der Waals surface area contributed by atoms with Crippen LogP contribution in [0, 0.1) is 10.1 Å². The van der Waals surface area contributed by atoms with E-state index in [4.69, 9.17) is 9.47 Å². The minimum Gasteiger partial charge on any atom is -0.497 e. The Hall–Kier alpha value is -3.94. The molecule has 0 saturated carbocycles. The van der Waals surface area contributed by atoms with Crippen LogP contribution in [0.15, 0.2) is 66.9 Å². The Balaban J connectivity index is 1.81. The predicted octanol–water partition coefficient (Wildman–Crippen LogP) is 4.04. The molecule has 0 bridgehead atoms. The molecule has 0 aliphatic carbocycles. The van der Waals surface area contributed by atoms with Gasteiger partial charge in [-0.2, -0.15) is 0 Å². The lowest BCUT2D eigenvalue weighted by Gasteiger charge is -2.10. The highest BCUT2D eigenvalue weighted by molar-refractivity contribution is 6.05. The number of amides is 1. The third-order valence-corrected chi connectivity index (χ3v) is 3.61. The Morgan fingerprint density at radius 3 is 2.56 bits per heavy atom. The summed E-state index contributed by atoms with van der Waals surface area (Å²) >= 11 is 0. The molecule has 0 aliphatic rings. The van der Waals surface area contributed by atoms with Gasteiger partial charge in [-0.05, 0) is 42.5 Å². The lowest BCUT2D eigenvalue weighted by molar-refractivity contribution is -0.384. The molecule has 0 spiro atoms. The molecule has 0 unspecified atom stereocenters. The van der Waals surface area contributed by atoms with Gasteiger partial charge in [0.1, 0.15) is 17.1 Å². The van der Waals surface area contributed by atoms with E-state index in [0.717, 1.165) is 0 Å². The van der Waals surface area contributed by atoms with Crippen LogP contribution >= 0.6 is 0 Å². The van der Waals surface area contributed by atoms with Crippen molar-refractivity contribution in [2.24, 2.45) is 0 Å². The Kier molecular flexibility index (Phi) is 5.27. The summed E-state index contributed by atoms with van der Waals surface area (Å²) in [7, 11) is 1.56. The van der Waals surface area contributed by atoms with Crippen LogP contribution in [0.5, 0.6) is 17.4 Å². The van der Waals surface area contributed by atoms with E-state index in [1.807, 2.05) is 0 Å². The first-order valence-electron chi connectivity index (χ1n) is 7.89. The normalized spacial score (nSPS) is 10.1. The van der Waals surface area contributed by atoms with Crippen LogP contribution in [-0.2, 0) is 0 Å². The monoisotopic (exact) mass is 365 g/mol. The smallest absolute Gasteiger partial charge is 0.273 e. The van der Waals surface area contributed by atoms with E-state index in [1.165, 1.54) is 24.4 Å². The number of hydrogen-bond donors (Lipinski definition) is 1. The number of rotatable bonds is 6. The number of nitro benzene ring substituents is 1. The average molecular weight is 365 g/mol. The maximum atomic E-state index is 12.6. The third-order valence-electron chi connectivity index (χ3n) is 3.61. The molecule has 0 atom stereocenters. The fourth-order valence-corrected chi connectivity index (χ4v) is 2.29. The number of benzene rings is 2. The molecule has 8 heteroatoms. The van der Waals surface area contributed by atoms with Gasteiger partial charge in [0, 0.05) is 18.0 Å². The van der Waals surface area contributed by atoms with Crippen molar-refractivity contribution in [3.63, 3.8) is 0 Å². The Morgan fingerprint density at radius 2 is 1.85 bits per heavy atom. The number of aromatic nitrogens is 1. The predicted molar refractivity (Wildman–Crippen MR) is 98.4 cm³/mol. The molecule has 27 heavy (non-hydrogen) atoms. The summed E-state index contributed by atoms with van der Waals surface area (Å²) in [6, 6.07) is 15.7. The van der Waals surface area contributed by atoms with E-state index in [-0.39, 0.29) is 22.9 Å². The van der Waals surface area contributed by atoms with Crippen molar-refractivity contribution in [3.05, 3.63) is 82.5 Å². The number of carbonyl (C=O) groups excluding carboxylic acids is 1. The second-order valence-corrected chi connectivity index (χ2v) is 5.40. The summed E-state index contributed by atoms with van der Waals surface area (Å²) in [6.07, 6.45) is 1.47. The van der Waals surface area contributed by atoms with Gasteiger partial charge in [0.25, 0.3) is 11.6 Å². The summed E-state index contributed by atoms with van der Waals surface area (Å²) in [5, 5.41) is 13.6. The van der Waals surface area contributed by atoms with Crippen molar-refractivity contribution in [1.82, 2.24) is 4.98 Å². The average Bonchev–Trinajstić information content (AvgIpc) is 2.69. The molecule has 8 nitrogen and oxygen atoms in total. The summed E-state index contributed by atoms with van der Waals surface area (Å²) in [4.78, 5) is 27.0.